The van der Waals surface area contributed by atoms with Crippen LogP contribution in [-0.2, 0) is 19.1 Å². The van der Waals surface area contributed by atoms with Crippen molar-refractivity contribution in [1.82, 2.24) is 0 Å². The van der Waals surface area contributed by atoms with Crippen LogP contribution in [0.3, 0.4) is 0 Å². The molecule has 1 N–H and O–H groups in total. The van der Waals surface area contributed by atoms with Gasteiger partial charge < -0.3 is 19.7 Å². The molecule has 0 saturated carbocycles. The van der Waals surface area contributed by atoms with Crippen LogP contribution in [0.15, 0.2) is 42.5 Å². The summed E-state index contributed by atoms with van der Waals surface area (Å²) in [5.41, 5.74) is 3.41. The lowest BCUT2D eigenvalue weighted by molar-refractivity contribution is -0.151. The van der Waals surface area contributed by atoms with Gasteiger partial charge in [0.2, 0.25) is 5.91 Å². The van der Waals surface area contributed by atoms with E-state index in [-0.39, 0.29) is 25.5 Å². The summed E-state index contributed by atoms with van der Waals surface area (Å²) in [4.78, 5) is 38.4. The number of benzene rings is 2. The molecule has 1 heterocycles. The average molecular weight is 410 g/mol. The minimum Gasteiger partial charge on any atom is -0.494 e. The van der Waals surface area contributed by atoms with E-state index in [0.29, 0.717) is 18.0 Å². The van der Waals surface area contributed by atoms with Gasteiger partial charge >= 0.3 is 5.97 Å². The van der Waals surface area contributed by atoms with Gasteiger partial charge in [0.15, 0.2) is 6.61 Å². The van der Waals surface area contributed by atoms with Crippen molar-refractivity contribution in [3.8, 4) is 5.75 Å². The average Bonchev–Trinajstić information content (AvgIpc) is 3.11. The Morgan fingerprint density at radius 3 is 2.53 bits per heavy atom. The van der Waals surface area contributed by atoms with Gasteiger partial charge in [-0.3, -0.25) is 14.4 Å². The maximum absolute atomic E-state index is 12.4. The number of anilines is 2. The fourth-order valence-electron chi connectivity index (χ4n) is 3.40. The Hall–Kier alpha value is -3.35. The van der Waals surface area contributed by atoms with E-state index in [1.807, 2.05) is 39.0 Å². The van der Waals surface area contributed by atoms with Crippen molar-refractivity contribution < 1.29 is 23.9 Å². The number of esters is 1. The highest BCUT2D eigenvalue weighted by molar-refractivity contribution is 6.00. The van der Waals surface area contributed by atoms with Crippen LogP contribution in [0.4, 0.5) is 11.4 Å². The quantitative estimate of drug-likeness (QED) is 0.709. The number of hydrogen-bond acceptors (Lipinski definition) is 5. The molecule has 158 valence electrons. The van der Waals surface area contributed by atoms with Gasteiger partial charge in [0, 0.05) is 24.3 Å². The lowest BCUT2D eigenvalue weighted by Crippen LogP contribution is -2.28. The summed E-state index contributed by atoms with van der Waals surface area (Å²) in [6.07, 6.45) is 0.0603. The van der Waals surface area contributed by atoms with Crippen LogP contribution >= 0.6 is 0 Å². The Morgan fingerprint density at radius 2 is 1.87 bits per heavy atom. The van der Waals surface area contributed by atoms with E-state index in [0.717, 1.165) is 16.9 Å². The third-order valence-corrected chi connectivity index (χ3v) is 4.92. The Bertz CT molecular complexity index is 939. The van der Waals surface area contributed by atoms with Gasteiger partial charge in [-0.2, -0.15) is 0 Å². The second-order valence-corrected chi connectivity index (χ2v) is 7.31. The van der Waals surface area contributed by atoms with E-state index >= 15 is 0 Å². The van der Waals surface area contributed by atoms with Crippen molar-refractivity contribution in [3.05, 3.63) is 53.6 Å². The van der Waals surface area contributed by atoms with Crippen molar-refractivity contribution in [3.63, 3.8) is 0 Å². The molecule has 0 spiro atoms. The SMILES string of the molecule is CCOc1ccc(N2C[C@H](C(=O)OCC(=O)Nc3ccc(C)cc3C)CC2=O)cc1. The van der Waals surface area contributed by atoms with Gasteiger partial charge in [-0.15, -0.1) is 0 Å². The van der Waals surface area contributed by atoms with Crippen LogP contribution in [0.1, 0.15) is 24.5 Å². The lowest BCUT2D eigenvalue weighted by Gasteiger charge is -2.17. The van der Waals surface area contributed by atoms with E-state index < -0.39 is 17.8 Å². The smallest absolute Gasteiger partial charge is 0.311 e. The molecule has 0 bridgehead atoms. The molecule has 0 unspecified atom stereocenters. The summed E-state index contributed by atoms with van der Waals surface area (Å²) < 4.78 is 10.6. The first-order valence-electron chi connectivity index (χ1n) is 9.94. The van der Waals surface area contributed by atoms with Crippen molar-refractivity contribution in [2.45, 2.75) is 27.2 Å². The van der Waals surface area contributed by atoms with Gasteiger partial charge in [-0.05, 0) is 56.7 Å². The first kappa shape index (κ1) is 21.4. The first-order valence-corrected chi connectivity index (χ1v) is 9.94. The molecule has 3 rings (SSSR count). The van der Waals surface area contributed by atoms with E-state index in [2.05, 4.69) is 5.32 Å². The number of nitrogens with zero attached hydrogens (tertiary/aromatic N) is 1. The van der Waals surface area contributed by atoms with Gasteiger partial charge in [0.1, 0.15) is 5.75 Å². The Kier molecular flexibility index (Phi) is 6.72. The first-order chi connectivity index (χ1) is 14.4. The summed E-state index contributed by atoms with van der Waals surface area (Å²) in [5, 5.41) is 2.74. The number of carbonyl (C=O) groups excluding carboxylic acids is 3. The zero-order valence-electron chi connectivity index (χ0n) is 17.4. The zero-order valence-corrected chi connectivity index (χ0v) is 17.4. The topological polar surface area (TPSA) is 84.9 Å². The second kappa shape index (κ2) is 9.43. The standard InChI is InChI=1S/C23H26N2O5/c1-4-29-19-8-6-18(7-9-19)25-13-17(12-22(25)27)23(28)30-14-21(26)24-20-10-5-15(2)11-16(20)3/h5-11,17H,4,12-14H2,1-3H3,(H,24,26)/t17-/m1/s1. The second-order valence-electron chi connectivity index (χ2n) is 7.31. The molecular weight excluding hydrogens is 384 g/mol. The molecule has 7 heteroatoms. The molecule has 7 nitrogen and oxygen atoms in total. The Morgan fingerprint density at radius 1 is 1.13 bits per heavy atom. The van der Waals surface area contributed by atoms with Gasteiger partial charge in [0.05, 0.1) is 12.5 Å². The minimum absolute atomic E-state index is 0.0603. The third-order valence-electron chi connectivity index (χ3n) is 4.92. The van der Waals surface area contributed by atoms with Gasteiger partial charge in [0.25, 0.3) is 5.91 Å². The largest absolute Gasteiger partial charge is 0.494 e. The molecule has 1 aliphatic heterocycles. The Labute approximate surface area is 176 Å². The van der Waals surface area contributed by atoms with Crippen molar-refractivity contribution >= 4 is 29.2 Å². The molecule has 1 atom stereocenters. The predicted octanol–water partition coefficient (Wildman–Crippen LogP) is 3.24. The van der Waals surface area contributed by atoms with Crippen LogP contribution in [0.25, 0.3) is 0 Å². The van der Waals surface area contributed by atoms with Crippen LogP contribution < -0.4 is 15.0 Å². The molecule has 2 aromatic carbocycles. The summed E-state index contributed by atoms with van der Waals surface area (Å²) in [6, 6.07) is 12.8. The highest BCUT2D eigenvalue weighted by Gasteiger charge is 2.36. The lowest BCUT2D eigenvalue weighted by atomic mass is 10.1. The van der Waals surface area contributed by atoms with Crippen LogP contribution in [0, 0.1) is 19.8 Å². The van der Waals surface area contributed by atoms with Crippen LogP contribution in [0.2, 0.25) is 0 Å². The molecule has 0 radical (unpaired) electrons. The minimum atomic E-state index is -0.599. The fraction of sp³-hybridized carbons (Fsp3) is 0.348. The van der Waals surface area contributed by atoms with Gasteiger partial charge in [-0.1, -0.05) is 17.7 Å². The fourth-order valence-corrected chi connectivity index (χ4v) is 3.40. The summed E-state index contributed by atoms with van der Waals surface area (Å²) >= 11 is 0. The number of amides is 2. The molecule has 30 heavy (non-hydrogen) atoms. The van der Waals surface area contributed by atoms with Crippen LogP contribution in [-0.4, -0.2) is 37.5 Å². The van der Waals surface area contributed by atoms with Crippen LogP contribution in [0.5, 0.6) is 5.75 Å². The summed E-state index contributed by atoms with van der Waals surface area (Å²) in [7, 11) is 0. The molecule has 1 saturated heterocycles. The monoisotopic (exact) mass is 410 g/mol. The Balaban J connectivity index is 1.52. The third kappa shape index (κ3) is 5.17. The maximum atomic E-state index is 12.4. The maximum Gasteiger partial charge on any atom is 0.311 e. The highest BCUT2D eigenvalue weighted by atomic mass is 16.5. The van der Waals surface area contributed by atoms with E-state index in [4.69, 9.17) is 9.47 Å². The van der Waals surface area contributed by atoms with Crippen molar-refractivity contribution in [2.75, 3.05) is 30.0 Å². The molecule has 2 amide bonds. The number of nitrogens with one attached hydrogen (secondary N) is 1. The summed E-state index contributed by atoms with van der Waals surface area (Å²) in [5.74, 6) is -0.993. The number of aryl methyl sites for hydroxylation is 2. The predicted molar refractivity (Wildman–Crippen MR) is 114 cm³/mol. The van der Waals surface area contributed by atoms with Crippen molar-refractivity contribution in [1.29, 1.82) is 0 Å². The molecule has 1 aliphatic rings. The molecule has 0 aromatic heterocycles. The number of ether oxygens (including phenoxy) is 2. The van der Waals surface area contributed by atoms with E-state index in [1.165, 1.54) is 0 Å². The molecule has 2 aromatic rings. The van der Waals surface area contributed by atoms with E-state index in [1.54, 1.807) is 29.2 Å². The van der Waals surface area contributed by atoms with E-state index in [9.17, 15) is 14.4 Å². The van der Waals surface area contributed by atoms with Gasteiger partial charge in [-0.25, -0.2) is 0 Å². The highest BCUT2D eigenvalue weighted by Crippen LogP contribution is 2.27. The molecule has 1 fully saturated rings. The normalized spacial score (nSPS) is 15.8. The number of rotatable bonds is 7. The summed E-state index contributed by atoms with van der Waals surface area (Å²) in [6.45, 7) is 6.17. The van der Waals surface area contributed by atoms with Crippen molar-refractivity contribution in [2.24, 2.45) is 5.92 Å². The number of carbonyl (C=O) groups is 3. The molecule has 0 aliphatic carbocycles. The zero-order chi connectivity index (χ0) is 21.7. The molecular formula is C23H26N2O5. The number of hydrogen-bond donors (Lipinski definition) is 1.